The topological polar surface area (TPSA) is 24.5 Å². The standard InChI is InChI=1S/C17H36N2O/c1-6-8-11-20-12-10-19-14-15(9-7-2)18-13-16(19)17(3,4)5/h15-16,18H,6-14H2,1-5H3. The summed E-state index contributed by atoms with van der Waals surface area (Å²) in [6.45, 7) is 16.7. The summed E-state index contributed by atoms with van der Waals surface area (Å²) in [5, 5.41) is 3.73. The first kappa shape index (κ1) is 17.9. The quantitative estimate of drug-likeness (QED) is 0.692. The highest BCUT2D eigenvalue weighted by Crippen LogP contribution is 2.26. The van der Waals surface area contributed by atoms with Gasteiger partial charge in [0.1, 0.15) is 0 Å². The molecule has 0 aromatic rings. The van der Waals surface area contributed by atoms with Gasteiger partial charge >= 0.3 is 0 Å². The van der Waals surface area contributed by atoms with Gasteiger partial charge < -0.3 is 10.1 Å². The van der Waals surface area contributed by atoms with Crippen molar-refractivity contribution < 1.29 is 4.74 Å². The Labute approximate surface area is 126 Å². The zero-order valence-electron chi connectivity index (χ0n) is 14.4. The fraction of sp³-hybridized carbons (Fsp3) is 1.00. The molecular weight excluding hydrogens is 248 g/mol. The normalized spacial score (nSPS) is 25.1. The van der Waals surface area contributed by atoms with Gasteiger partial charge in [-0.05, 0) is 18.3 Å². The molecule has 0 saturated carbocycles. The van der Waals surface area contributed by atoms with Crippen LogP contribution >= 0.6 is 0 Å². The van der Waals surface area contributed by atoms with Gasteiger partial charge in [0.2, 0.25) is 0 Å². The zero-order chi connectivity index (χ0) is 15.0. The van der Waals surface area contributed by atoms with E-state index in [2.05, 4.69) is 44.8 Å². The van der Waals surface area contributed by atoms with Gasteiger partial charge in [-0.25, -0.2) is 0 Å². The minimum atomic E-state index is 0.327. The number of hydrogen-bond acceptors (Lipinski definition) is 3. The minimum Gasteiger partial charge on any atom is -0.380 e. The van der Waals surface area contributed by atoms with E-state index in [9.17, 15) is 0 Å². The SMILES string of the molecule is CCCCOCCN1CC(CCC)NCC1C(C)(C)C. The molecule has 0 spiro atoms. The maximum atomic E-state index is 5.77. The molecule has 20 heavy (non-hydrogen) atoms. The van der Waals surface area contributed by atoms with Crippen LogP contribution < -0.4 is 5.32 Å². The second-order valence-corrected chi connectivity index (χ2v) is 7.24. The molecule has 2 unspecified atom stereocenters. The number of unbranched alkanes of at least 4 members (excludes halogenated alkanes) is 1. The van der Waals surface area contributed by atoms with Gasteiger partial charge in [-0.15, -0.1) is 0 Å². The van der Waals surface area contributed by atoms with Crippen LogP contribution in [0.3, 0.4) is 0 Å². The van der Waals surface area contributed by atoms with Crippen molar-refractivity contribution in [1.29, 1.82) is 0 Å². The van der Waals surface area contributed by atoms with Crippen molar-refractivity contribution in [2.24, 2.45) is 5.41 Å². The Hall–Kier alpha value is -0.120. The lowest BCUT2D eigenvalue weighted by atomic mass is 9.83. The van der Waals surface area contributed by atoms with Crippen molar-refractivity contribution in [3.05, 3.63) is 0 Å². The molecule has 1 rings (SSSR count). The highest BCUT2D eigenvalue weighted by molar-refractivity contribution is 4.92. The number of nitrogens with one attached hydrogen (secondary N) is 1. The van der Waals surface area contributed by atoms with Crippen LogP contribution in [0, 0.1) is 5.41 Å². The number of piperazine rings is 1. The maximum Gasteiger partial charge on any atom is 0.0593 e. The van der Waals surface area contributed by atoms with Crippen LogP contribution in [0.5, 0.6) is 0 Å². The first-order chi connectivity index (χ1) is 9.49. The van der Waals surface area contributed by atoms with Crippen LogP contribution in [-0.4, -0.2) is 49.8 Å². The van der Waals surface area contributed by atoms with E-state index in [1.807, 2.05) is 0 Å². The molecule has 1 saturated heterocycles. The molecule has 0 amide bonds. The first-order valence-corrected chi connectivity index (χ1v) is 8.54. The summed E-state index contributed by atoms with van der Waals surface area (Å²) >= 11 is 0. The van der Waals surface area contributed by atoms with Crippen molar-refractivity contribution >= 4 is 0 Å². The van der Waals surface area contributed by atoms with E-state index in [0.717, 1.165) is 26.3 Å². The van der Waals surface area contributed by atoms with Crippen molar-refractivity contribution in [2.45, 2.75) is 72.4 Å². The summed E-state index contributed by atoms with van der Waals surface area (Å²) in [6.07, 6.45) is 4.95. The molecular formula is C17H36N2O. The third-order valence-electron chi connectivity index (χ3n) is 4.30. The molecule has 1 aliphatic rings. The van der Waals surface area contributed by atoms with Crippen molar-refractivity contribution in [3.63, 3.8) is 0 Å². The van der Waals surface area contributed by atoms with Gasteiger partial charge in [0.25, 0.3) is 0 Å². The summed E-state index contributed by atoms with van der Waals surface area (Å²) in [5.74, 6) is 0. The third-order valence-corrected chi connectivity index (χ3v) is 4.30. The summed E-state index contributed by atoms with van der Waals surface area (Å²) in [7, 11) is 0. The molecule has 0 aromatic heterocycles. The molecule has 1 N–H and O–H groups in total. The van der Waals surface area contributed by atoms with E-state index in [0.29, 0.717) is 17.5 Å². The van der Waals surface area contributed by atoms with Crippen LogP contribution in [0.4, 0.5) is 0 Å². The van der Waals surface area contributed by atoms with E-state index < -0.39 is 0 Å². The average molecular weight is 284 g/mol. The second-order valence-electron chi connectivity index (χ2n) is 7.24. The van der Waals surface area contributed by atoms with Crippen molar-refractivity contribution in [2.75, 3.05) is 32.8 Å². The Morgan fingerprint density at radius 1 is 1.15 bits per heavy atom. The van der Waals surface area contributed by atoms with Gasteiger partial charge in [0.05, 0.1) is 6.61 Å². The summed E-state index contributed by atoms with van der Waals surface area (Å²) in [4.78, 5) is 2.66. The van der Waals surface area contributed by atoms with Gasteiger partial charge in [0, 0.05) is 38.3 Å². The lowest BCUT2D eigenvalue weighted by Crippen LogP contribution is -2.61. The third kappa shape index (κ3) is 6.11. The summed E-state index contributed by atoms with van der Waals surface area (Å²) < 4.78 is 5.77. The van der Waals surface area contributed by atoms with Crippen molar-refractivity contribution in [1.82, 2.24) is 10.2 Å². The summed E-state index contributed by atoms with van der Waals surface area (Å²) in [5.41, 5.74) is 0.327. The molecule has 0 aliphatic carbocycles. The smallest absolute Gasteiger partial charge is 0.0593 e. The molecule has 1 heterocycles. The van der Waals surface area contributed by atoms with Gasteiger partial charge in [-0.2, -0.15) is 0 Å². The van der Waals surface area contributed by atoms with E-state index in [1.165, 1.54) is 32.2 Å². The lowest BCUT2D eigenvalue weighted by Gasteiger charge is -2.46. The van der Waals surface area contributed by atoms with E-state index in [1.54, 1.807) is 0 Å². The highest BCUT2D eigenvalue weighted by Gasteiger charge is 2.34. The van der Waals surface area contributed by atoms with Crippen LogP contribution in [-0.2, 0) is 4.74 Å². The Balaban J connectivity index is 2.45. The Kier molecular flexibility index (Phi) is 8.08. The van der Waals surface area contributed by atoms with Crippen LogP contribution in [0.25, 0.3) is 0 Å². The van der Waals surface area contributed by atoms with Crippen LogP contribution in [0.15, 0.2) is 0 Å². The average Bonchev–Trinajstić information content (AvgIpc) is 2.38. The fourth-order valence-corrected chi connectivity index (χ4v) is 3.06. The van der Waals surface area contributed by atoms with E-state index >= 15 is 0 Å². The zero-order valence-corrected chi connectivity index (χ0v) is 14.4. The largest absolute Gasteiger partial charge is 0.380 e. The molecule has 2 atom stereocenters. The van der Waals surface area contributed by atoms with Crippen LogP contribution in [0.1, 0.15) is 60.3 Å². The summed E-state index contributed by atoms with van der Waals surface area (Å²) in [6, 6.07) is 1.28. The fourth-order valence-electron chi connectivity index (χ4n) is 3.06. The Morgan fingerprint density at radius 2 is 1.90 bits per heavy atom. The monoisotopic (exact) mass is 284 g/mol. The predicted octanol–water partition coefficient (Wildman–Crippen LogP) is 3.29. The molecule has 1 fully saturated rings. The highest BCUT2D eigenvalue weighted by atomic mass is 16.5. The Bertz CT molecular complexity index is 250. The lowest BCUT2D eigenvalue weighted by molar-refractivity contribution is 0.0232. The molecule has 3 nitrogen and oxygen atoms in total. The van der Waals surface area contributed by atoms with Crippen molar-refractivity contribution in [3.8, 4) is 0 Å². The number of nitrogens with zero attached hydrogens (tertiary/aromatic N) is 1. The number of hydrogen-bond donors (Lipinski definition) is 1. The minimum absolute atomic E-state index is 0.327. The van der Waals surface area contributed by atoms with Gasteiger partial charge in [0.15, 0.2) is 0 Å². The van der Waals surface area contributed by atoms with Gasteiger partial charge in [-0.3, -0.25) is 4.90 Å². The first-order valence-electron chi connectivity index (χ1n) is 8.54. The molecule has 3 heteroatoms. The van der Waals surface area contributed by atoms with Crippen LogP contribution in [0.2, 0.25) is 0 Å². The molecule has 0 bridgehead atoms. The second kappa shape index (κ2) is 9.01. The Morgan fingerprint density at radius 3 is 2.50 bits per heavy atom. The van der Waals surface area contributed by atoms with E-state index in [-0.39, 0.29) is 0 Å². The molecule has 0 aromatic carbocycles. The molecule has 0 radical (unpaired) electrons. The number of rotatable bonds is 8. The number of ether oxygens (including phenoxy) is 1. The van der Waals surface area contributed by atoms with Gasteiger partial charge in [-0.1, -0.05) is 47.5 Å². The molecule has 1 aliphatic heterocycles. The maximum absolute atomic E-state index is 5.77. The molecule has 120 valence electrons. The predicted molar refractivity (Wildman–Crippen MR) is 87.2 cm³/mol. The van der Waals surface area contributed by atoms with E-state index in [4.69, 9.17) is 4.74 Å².